The summed E-state index contributed by atoms with van der Waals surface area (Å²) in [7, 11) is 3.26. The molecule has 0 fully saturated rings. The maximum Gasteiger partial charge on any atom is 0.244 e. The summed E-state index contributed by atoms with van der Waals surface area (Å²) in [6, 6.07) is 3.46. The summed E-state index contributed by atoms with van der Waals surface area (Å²) in [5, 5.41) is 2.94. The smallest absolute Gasteiger partial charge is 0.244 e. The number of nitrogens with zero attached hydrogens (tertiary/aromatic N) is 1. The predicted molar refractivity (Wildman–Crippen MR) is 99.1 cm³/mol. The highest BCUT2D eigenvalue weighted by atomic mass is 35.5. The van der Waals surface area contributed by atoms with Gasteiger partial charge in [0.25, 0.3) is 0 Å². The minimum Gasteiger partial charge on any atom is -0.490 e. The van der Waals surface area contributed by atoms with Crippen LogP contribution in [0.1, 0.15) is 25.8 Å². The van der Waals surface area contributed by atoms with Gasteiger partial charge in [-0.1, -0.05) is 18.5 Å². The Morgan fingerprint density at radius 1 is 1.24 bits per heavy atom. The molecule has 6 nitrogen and oxygen atoms in total. The number of hydrogen-bond acceptors (Lipinski definition) is 4. The summed E-state index contributed by atoms with van der Waals surface area (Å²) in [4.78, 5) is 24.6. The highest BCUT2D eigenvalue weighted by molar-refractivity contribution is 6.32. The van der Waals surface area contributed by atoms with E-state index in [0.717, 1.165) is 6.42 Å². The molecule has 0 aromatic heterocycles. The number of ether oxygens (including phenoxy) is 2. The molecule has 25 heavy (non-hydrogen) atoms. The summed E-state index contributed by atoms with van der Waals surface area (Å²) in [5.41, 5.74) is 0.700. The van der Waals surface area contributed by atoms with E-state index in [9.17, 15) is 9.59 Å². The highest BCUT2D eigenvalue weighted by Gasteiger charge is 2.12. The van der Waals surface area contributed by atoms with E-state index in [2.05, 4.69) is 5.32 Å². The van der Waals surface area contributed by atoms with Crippen LogP contribution < -0.4 is 14.8 Å². The quantitative estimate of drug-likeness (QED) is 0.680. The number of carbonyl (C=O) groups is 2. The van der Waals surface area contributed by atoms with Gasteiger partial charge in [0.05, 0.1) is 24.8 Å². The Hall–Kier alpha value is -2.21. The van der Waals surface area contributed by atoms with Gasteiger partial charge in [0, 0.05) is 20.2 Å². The Bertz CT molecular complexity index is 630. The van der Waals surface area contributed by atoms with E-state index in [0.29, 0.717) is 35.3 Å². The Labute approximate surface area is 153 Å². The minimum absolute atomic E-state index is 0.0507. The lowest BCUT2D eigenvalue weighted by molar-refractivity contribution is -0.129. The molecule has 0 saturated heterocycles. The largest absolute Gasteiger partial charge is 0.490 e. The van der Waals surface area contributed by atoms with Gasteiger partial charge in [-0.05, 0) is 37.1 Å². The zero-order valence-electron chi connectivity index (χ0n) is 15.1. The summed E-state index contributed by atoms with van der Waals surface area (Å²) < 4.78 is 11.2. The molecule has 1 aromatic carbocycles. The van der Waals surface area contributed by atoms with Crippen LogP contribution in [0.4, 0.5) is 0 Å². The van der Waals surface area contributed by atoms with Crippen molar-refractivity contribution in [2.45, 2.75) is 20.3 Å². The monoisotopic (exact) mass is 368 g/mol. The van der Waals surface area contributed by atoms with E-state index in [1.54, 1.807) is 32.3 Å². The molecule has 0 bridgehead atoms. The summed E-state index contributed by atoms with van der Waals surface area (Å²) in [6.45, 7) is 4.83. The summed E-state index contributed by atoms with van der Waals surface area (Å²) >= 11 is 6.27. The first-order chi connectivity index (χ1) is 11.9. The fraction of sp³-hybridized carbons (Fsp3) is 0.444. The van der Waals surface area contributed by atoms with Crippen LogP contribution >= 0.6 is 11.6 Å². The number of carbonyl (C=O) groups excluding carboxylic acids is 2. The molecule has 0 radical (unpaired) electrons. The minimum atomic E-state index is -0.365. The third kappa shape index (κ3) is 7.05. The number of amides is 2. The molecule has 1 N–H and O–H groups in total. The average molecular weight is 369 g/mol. The van der Waals surface area contributed by atoms with Crippen molar-refractivity contribution in [3.8, 4) is 11.5 Å². The predicted octanol–water partition coefficient (Wildman–Crippen LogP) is 2.75. The fourth-order valence-electron chi connectivity index (χ4n) is 1.84. The molecule has 0 aliphatic carbocycles. The zero-order valence-corrected chi connectivity index (χ0v) is 15.9. The van der Waals surface area contributed by atoms with E-state index in [1.165, 1.54) is 11.0 Å². The Balaban J connectivity index is 2.83. The second kappa shape index (κ2) is 10.6. The molecular weight excluding hydrogens is 344 g/mol. The zero-order chi connectivity index (χ0) is 18.8. The number of rotatable bonds is 9. The topological polar surface area (TPSA) is 67.9 Å². The van der Waals surface area contributed by atoms with Crippen LogP contribution in [0.3, 0.4) is 0 Å². The molecule has 0 unspecified atom stereocenters. The molecule has 0 saturated carbocycles. The van der Waals surface area contributed by atoms with Gasteiger partial charge in [-0.2, -0.15) is 0 Å². The molecule has 0 aliphatic heterocycles. The molecule has 2 amide bonds. The van der Waals surface area contributed by atoms with E-state index < -0.39 is 0 Å². The van der Waals surface area contributed by atoms with Crippen molar-refractivity contribution in [2.75, 3.05) is 33.9 Å². The van der Waals surface area contributed by atoms with Gasteiger partial charge in [0.15, 0.2) is 11.5 Å². The lowest BCUT2D eigenvalue weighted by Crippen LogP contribution is -2.35. The first kappa shape index (κ1) is 20.8. The van der Waals surface area contributed by atoms with Crippen molar-refractivity contribution in [1.82, 2.24) is 10.2 Å². The number of benzene rings is 1. The highest BCUT2D eigenvalue weighted by Crippen LogP contribution is 2.37. The molecule has 0 aliphatic rings. The average Bonchev–Trinajstić information content (AvgIpc) is 2.57. The van der Waals surface area contributed by atoms with Crippen LogP contribution in [0.5, 0.6) is 11.5 Å². The number of hydrogen-bond donors (Lipinski definition) is 1. The SMILES string of the molecule is CCCOc1c(Cl)cc(/C=C/C(=O)NCC(=O)N(C)C)cc1OCC. The van der Waals surface area contributed by atoms with Crippen LogP contribution in [0.2, 0.25) is 5.02 Å². The van der Waals surface area contributed by atoms with Crippen molar-refractivity contribution in [1.29, 1.82) is 0 Å². The van der Waals surface area contributed by atoms with Crippen molar-refractivity contribution >= 4 is 29.5 Å². The van der Waals surface area contributed by atoms with Gasteiger partial charge in [0.1, 0.15) is 0 Å². The maximum absolute atomic E-state index is 11.8. The van der Waals surface area contributed by atoms with Gasteiger partial charge < -0.3 is 19.7 Å². The summed E-state index contributed by atoms with van der Waals surface area (Å²) in [6.07, 6.45) is 3.81. The van der Waals surface area contributed by atoms with Crippen molar-refractivity contribution < 1.29 is 19.1 Å². The van der Waals surface area contributed by atoms with Crippen LogP contribution in [0.25, 0.3) is 6.08 Å². The summed E-state index contributed by atoms with van der Waals surface area (Å²) in [5.74, 6) is 0.492. The molecule has 1 aromatic rings. The van der Waals surface area contributed by atoms with E-state index in [-0.39, 0.29) is 18.4 Å². The van der Waals surface area contributed by atoms with Crippen LogP contribution in [-0.2, 0) is 9.59 Å². The third-order valence-corrected chi connectivity index (χ3v) is 3.40. The number of halogens is 1. The van der Waals surface area contributed by atoms with E-state index in [4.69, 9.17) is 21.1 Å². The lowest BCUT2D eigenvalue weighted by atomic mass is 10.2. The Kier molecular flexibility index (Phi) is 8.84. The first-order valence-electron chi connectivity index (χ1n) is 8.14. The maximum atomic E-state index is 11.8. The van der Waals surface area contributed by atoms with Crippen molar-refractivity contribution in [3.63, 3.8) is 0 Å². The number of nitrogens with one attached hydrogen (secondary N) is 1. The fourth-order valence-corrected chi connectivity index (χ4v) is 2.12. The molecule has 138 valence electrons. The van der Waals surface area contributed by atoms with Crippen molar-refractivity contribution in [3.05, 3.63) is 28.8 Å². The lowest BCUT2D eigenvalue weighted by Gasteiger charge is -2.14. The first-order valence-corrected chi connectivity index (χ1v) is 8.52. The Morgan fingerprint density at radius 2 is 1.96 bits per heavy atom. The van der Waals surface area contributed by atoms with Crippen molar-refractivity contribution in [2.24, 2.45) is 0 Å². The molecule has 7 heteroatoms. The molecule has 0 heterocycles. The van der Waals surface area contributed by atoms with Gasteiger partial charge >= 0.3 is 0 Å². The van der Waals surface area contributed by atoms with Gasteiger partial charge in [-0.25, -0.2) is 0 Å². The van der Waals surface area contributed by atoms with Gasteiger partial charge in [-0.3, -0.25) is 9.59 Å². The number of likely N-dealkylation sites (N-methyl/N-ethyl adjacent to an activating group) is 1. The van der Waals surface area contributed by atoms with E-state index >= 15 is 0 Å². The van der Waals surface area contributed by atoms with E-state index in [1.807, 2.05) is 13.8 Å². The van der Waals surface area contributed by atoms with Crippen LogP contribution in [0.15, 0.2) is 18.2 Å². The Morgan fingerprint density at radius 3 is 2.56 bits per heavy atom. The van der Waals surface area contributed by atoms with Gasteiger partial charge in [0.2, 0.25) is 11.8 Å². The molecular formula is C18H25ClN2O4. The molecule has 0 atom stereocenters. The molecule has 1 rings (SSSR count). The van der Waals surface area contributed by atoms with Crippen LogP contribution in [-0.4, -0.2) is 50.6 Å². The normalized spacial score (nSPS) is 10.6. The van der Waals surface area contributed by atoms with Crippen LogP contribution in [0, 0.1) is 0 Å². The second-order valence-corrected chi connectivity index (χ2v) is 5.86. The second-order valence-electron chi connectivity index (χ2n) is 5.45. The standard InChI is InChI=1S/C18H25ClN2O4/c1-5-9-25-18-14(19)10-13(11-15(18)24-6-2)7-8-16(22)20-12-17(23)21(3)4/h7-8,10-11H,5-6,9,12H2,1-4H3,(H,20,22)/b8-7+. The third-order valence-electron chi connectivity index (χ3n) is 3.12. The van der Waals surface area contributed by atoms with Gasteiger partial charge in [-0.15, -0.1) is 0 Å². The molecule has 0 spiro atoms.